The average Bonchev–Trinajstić information content (AvgIpc) is 2.94. The molecule has 0 amide bonds. The van der Waals surface area contributed by atoms with Crippen molar-refractivity contribution >= 4 is 27.6 Å². The Kier molecular flexibility index (Phi) is 2.68. The molecule has 0 fully saturated rings. The Morgan fingerprint density at radius 1 is 1.37 bits per heavy atom. The minimum Gasteiger partial charge on any atom is -0.480 e. The summed E-state index contributed by atoms with van der Waals surface area (Å²) in [6.07, 6.45) is 3.03. The van der Waals surface area contributed by atoms with Gasteiger partial charge in [0.15, 0.2) is 0 Å². The van der Waals surface area contributed by atoms with Gasteiger partial charge in [-0.25, -0.2) is 3.96 Å². The lowest BCUT2D eigenvalue weighted by Crippen LogP contribution is -2.11. The van der Waals surface area contributed by atoms with Gasteiger partial charge >= 0.3 is 5.97 Å². The van der Waals surface area contributed by atoms with Crippen LogP contribution in [0, 0.1) is 0 Å². The summed E-state index contributed by atoms with van der Waals surface area (Å²) >= 11 is 1.31. The van der Waals surface area contributed by atoms with Crippen LogP contribution in [-0.2, 0) is 11.3 Å². The van der Waals surface area contributed by atoms with Gasteiger partial charge in [-0.2, -0.15) is 5.10 Å². The predicted octanol–water partition coefficient (Wildman–Crippen LogP) is 1.33. The van der Waals surface area contributed by atoms with Gasteiger partial charge in [0.2, 0.25) is 0 Å². The van der Waals surface area contributed by atoms with E-state index >= 15 is 0 Å². The van der Waals surface area contributed by atoms with Gasteiger partial charge in [0, 0.05) is 0 Å². The second-order valence-electron chi connectivity index (χ2n) is 3.98. The van der Waals surface area contributed by atoms with E-state index in [9.17, 15) is 9.59 Å². The lowest BCUT2D eigenvalue weighted by molar-refractivity contribution is -0.137. The number of carboxylic acids is 1. The second kappa shape index (κ2) is 4.36. The van der Waals surface area contributed by atoms with E-state index in [0.29, 0.717) is 11.1 Å². The van der Waals surface area contributed by atoms with Crippen molar-refractivity contribution in [1.29, 1.82) is 0 Å². The number of aliphatic carboxylic acids is 1. The van der Waals surface area contributed by atoms with E-state index in [1.807, 2.05) is 18.2 Å². The van der Waals surface area contributed by atoms with Crippen molar-refractivity contribution in [3.63, 3.8) is 0 Å². The van der Waals surface area contributed by atoms with Crippen molar-refractivity contribution in [2.75, 3.05) is 0 Å². The fourth-order valence-electron chi connectivity index (χ4n) is 1.82. The van der Waals surface area contributed by atoms with Crippen LogP contribution in [0.2, 0.25) is 0 Å². The largest absolute Gasteiger partial charge is 0.480 e. The molecule has 1 N–H and O–H groups in total. The van der Waals surface area contributed by atoms with Gasteiger partial charge in [0.25, 0.3) is 5.56 Å². The maximum Gasteiger partial charge on any atom is 0.325 e. The first-order valence-corrected chi connectivity index (χ1v) is 6.28. The van der Waals surface area contributed by atoms with Crippen molar-refractivity contribution in [2.24, 2.45) is 0 Å². The molecule has 19 heavy (non-hydrogen) atoms. The van der Waals surface area contributed by atoms with Gasteiger partial charge in [0.1, 0.15) is 6.54 Å². The quantitative estimate of drug-likeness (QED) is 0.782. The van der Waals surface area contributed by atoms with E-state index in [1.165, 1.54) is 26.4 Å². The molecule has 0 bridgehead atoms. The van der Waals surface area contributed by atoms with Crippen molar-refractivity contribution in [3.05, 3.63) is 47.0 Å². The van der Waals surface area contributed by atoms with Gasteiger partial charge in [-0.3, -0.25) is 14.3 Å². The minimum atomic E-state index is -0.974. The zero-order valence-electron chi connectivity index (χ0n) is 9.68. The van der Waals surface area contributed by atoms with E-state index in [0.717, 1.165) is 4.70 Å². The Hall–Kier alpha value is -2.41. The molecular weight excluding hydrogens is 266 g/mol. The van der Waals surface area contributed by atoms with Gasteiger partial charge in [0.05, 0.1) is 28.2 Å². The topological polar surface area (TPSA) is 77.1 Å². The number of rotatable bonds is 3. The zero-order valence-corrected chi connectivity index (χ0v) is 10.5. The Balaban J connectivity index is 2.09. The molecule has 7 heteroatoms. The fraction of sp³-hybridized carbons (Fsp3) is 0.0833. The van der Waals surface area contributed by atoms with Crippen molar-refractivity contribution < 1.29 is 9.90 Å². The molecule has 0 spiro atoms. The maximum absolute atomic E-state index is 12.2. The smallest absolute Gasteiger partial charge is 0.325 e. The van der Waals surface area contributed by atoms with E-state index in [-0.39, 0.29) is 12.1 Å². The highest BCUT2D eigenvalue weighted by Gasteiger charge is 2.10. The number of hydrogen-bond donors (Lipinski definition) is 1. The number of nitrogens with zero attached hydrogens (tertiary/aromatic N) is 3. The molecule has 2 aromatic heterocycles. The van der Waals surface area contributed by atoms with Crippen LogP contribution in [0.25, 0.3) is 15.8 Å². The summed E-state index contributed by atoms with van der Waals surface area (Å²) in [5.41, 5.74) is 0.461. The van der Waals surface area contributed by atoms with Crippen molar-refractivity contribution in [1.82, 2.24) is 13.7 Å². The third kappa shape index (κ3) is 2.04. The summed E-state index contributed by atoms with van der Waals surface area (Å²) in [5, 5.41) is 13.3. The number of carboxylic acid groups (broad SMARTS) is 1. The third-order valence-electron chi connectivity index (χ3n) is 2.64. The van der Waals surface area contributed by atoms with E-state index in [4.69, 9.17) is 5.11 Å². The summed E-state index contributed by atoms with van der Waals surface area (Å²) in [6.45, 7) is -0.223. The normalized spacial score (nSPS) is 10.9. The summed E-state index contributed by atoms with van der Waals surface area (Å²) in [5.74, 6) is -0.974. The summed E-state index contributed by atoms with van der Waals surface area (Å²) in [4.78, 5) is 22.8. The fourth-order valence-corrected chi connectivity index (χ4v) is 2.80. The minimum absolute atomic E-state index is 0.115. The number of hydrogen-bond acceptors (Lipinski definition) is 4. The van der Waals surface area contributed by atoms with Crippen LogP contribution in [0.3, 0.4) is 0 Å². The Morgan fingerprint density at radius 3 is 2.89 bits per heavy atom. The molecule has 3 aromatic rings. The van der Waals surface area contributed by atoms with Crippen molar-refractivity contribution in [3.8, 4) is 5.69 Å². The molecule has 96 valence electrons. The van der Waals surface area contributed by atoms with Crippen LogP contribution in [0.1, 0.15) is 0 Å². The van der Waals surface area contributed by atoms with E-state index < -0.39 is 5.97 Å². The van der Waals surface area contributed by atoms with Gasteiger partial charge < -0.3 is 5.11 Å². The zero-order chi connectivity index (χ0) is 13.4. The number of fused-ring (bicyclic) bond motifs is 1. The molecule has 0 saturated heterocycles. The molecule has 6 nitrogen and oxygen atoms in total. The molecule has 0 saturated carbocycles. The van der Waals surface area contributed by atoms with Crippen LogP contribution in [0.15, 0.2) is 41.5 Å². The van der Waals surface area contributed by atoms with Crippen LogP contribution >= 0.6 is 11.5 Å². The van der Waals surface area contributed by atoms with E-state index in [2.05, 4.69) is 5.10 Å². The summed E-state index contributed by atoms with van der Waals surface area (Å²) in [7, 11) is 0. The molecule has 2 heterocycles. The summed E-state index contributed by atoms with van der Waals surface area (Å²) < 4.78 is 3.68. The first-order valence-electron chi connectivity index (χ1n) is 5.51. The Morgan fingerprint density at radius 2 is 2.16 bits per heavy atom. The van der Waals surface area contributed by atoms with Gasteiger partial charge in [-0.15, -0.1) is 0 Å². The first-order chi connectivity index (χ1) is 9.15. The second-order valence-corrected chi connectivity index (χ2v) is 4.96. The lowest BCUT2D eigenvalue weighted by Gasteiger charge is -1.94. The highest BCUT2D eigenvalue weighted by atomic mass is 32.1. The van der Waals surface area contributed by atoms with E-state index in [1.54, 1.807) is 12.3 Å². The molecule has 0 unspecified atom stereocenters. The maximum atomic E-state index is 12.2. The molecule has 3 rings (SSSR count). The first kappa shape index (κ1) is 11.7. The highest BCUT2D eigenvalue weighted by Crippen LogP contribution is 2.19. The van der Waals surface area contributed by atoms with Crippen LogP contribution in [-0.4, -0.2) is 24.8 Å². The van der Waals surface area contributed by atoms with Crippen LogP contribution < -0.4 is 5.56 Å². The molecule has 0 aliphatic heterocycles. The average molecular weight is 275 g/mol. The van der Waals surface area contributed by atoms with Gasteiger partial charge in [-0.05, 0) is 12.1 Å². The SMILES string of the molecule is O=C(O)Cn1cc(-n2sc3ccccc3c2=O)cn1. The van der Waals surface area contributed by atoms with Crippen LogP contribution in [0.4, 0.5) is 0 Å². The van der Waals surface area contributed by atoms with Crippen molar-refractivity contribution in [2.45, 2.75) is 6.54 Å². The molecule has 0 aliphatic rings. The van der Waals surface area contributed by atoms with Gasteiger partial charge in [-0.1, -0.05) is 23.7 Å². The van der Waals surface area contributed by atoms with Crippen LogP contribution in [0.5, 0.6) is 0 Å². The molecule has 0 atom stereocenters. The summed E-state index contributed by atoms with van der Waals surface area (Å²) in [6, 6.07) is 7.33. The molecule has 1 aromatic carbocycles. The standard InChI is InChI=1S/C12H9N3O3S/c16-11(17)7-14-6-8(5-13-14)15-12(18)9-3-1-2-4-10(9)19-15/h1-6H,7H2,(H,16,17). The lowest BCUT2D eigenvalue weighted by atomic mass is 10.3. The predicted molar refractivity (Wildman–Crippen MR) is 70.8 cm³/mol. The highest BCUT2D eigenvalue weighted by molar-refractivity contribution is 7.14. The number of aromatic nitrogens is 3. The Bertz CT molecular complexity index is 815. The molecular formula is C12H9N3O3S. The Labute approximate surface area is 111 Å². The third-order valence-corrected chi connectivity index (χ3v) is 3.75. The molecule has 0 aliphatic carbocycles. The number of benzene rings is 1. The monoisotopic (exact) mass is 275 g/mol. The number of carbonyl (C=O) groups is 1. The molecule has 0 radical (unpaired) electrons.